The molecule has 1 heterocycles. The van der Waals surface area contributed by atoms with E-state index in [2.05, 4.69) is 66.1 Å². The van der Waals surface area contributed by atoms with E-state index in [-0.39, 0.29) is 0 Å². The Balaban J connectivity index is 2.32. The summed E-state index contributed by atoms with van der Waals surface area (Å²) in [6, 6.07) is 11.4. The first-order chi connectivity index (χ1) is 10.3. The lowest BCUT2D eigenvalue weighted by atomic mass is 10.00. The second-order valence-electron chi connectivity index (χ2n) is 5.45. The second kappa shape index (κ2) is 7.99. The first-order valence-corrected chi connectivity index (χ1v) is 8.13. The normalized spacial score (nSPS) is 14.0. The minimum Gasteiger partial charge on any atom is -0.326 e. The van der Waals surface area contributed by atoms with Crippen LogP contribution in [0.4, 0.5) is 0 Å². The van der Waals surface area contributed by atoms with Gasteiger partial charge >= 0.3 is 0 Å². The number of benzene rings is 1. The van der Waals surface area contributed by atoms with Gasteiger partial charge in [0.25, 0.3) is 0 Å². The summed E-state index contributed by atoms with van der Waals surface area (Å²) in [5, 5.41) is 3.65. The summed E-state index contributed by atoms with van der Waals surface area (Å²) in [7, 11) is 0. The van der Waals surface area contributed by atoms with E-state index in [0.717, 1.165) is 18.8 Å². The Kier molecular flexibility index (Phi) is 6.00. The number of aromatic nitrogens is 2. The molecule has 114 valence electrons. The highest BCUT2D eigenvalue weighted by molar-refractivity contribution is 5.55. The first-order valence-electron chi connectivity index (χ1n) is 8.13. The molecular formula is C18H27N3. The van der Waals surface area contributed by atoms with Gasteiger partial charge in [-0.05, 0) is 19.4 Å². The van der Waals surface area contributed by atoms with Crippen LogP contribution in [0, 0.1) is 0 Å². The zero-order valence-corrected chi connectivity index (χ0v) is 13.4. The molecule has 0 aliphatic heterocycles. The van der Waals surface area contributed by atoms with Gasteiger partial charge in [-0.1, -0.05) is 57.5 Å². The molecule has 0 bridgehead atoms. The van der Waals surface area contributed by atoms with E-state index in [0.29, 0.717) is 12.1 Å². The average molecular weight is 285 g/mol. The summed E-state index contributed by atoms with van der Waals surface area (Å²) >= 11 is 0. The number of nitrogens with zero attached hydrogens (tertiary/aromatic N) is 2. The van der Waals surface area contributed by atoms with Crippen molar-refractivity contribution in [2.45, 2.75) is 52.1 Å². The number of rotatable bonds is 8. The maximum absolute atomic E-state index is 4.59. The van der Waals surface area contributed by atoms with Gasteiger partial charge in [0.2, 0.25) is 0 Å². The number of nitrogens with one attached hydrogen (secondary N) is 1. The Bertz CT molecular complexity index is 512. The minimum atomic E-state index is 0.447. The molecule has 1 N–H and O–H groups in total. The molecule has 0 fully saturated rings. The lowest BCUT2D eigenvalue weighted by molar-refractivity contribution is 0.327. The van der Waals surface area contributed by atoms with Crippen molar-refractivity contribution in [3.05, 3.63) is 42.7 Å². The van der Waals surface area contributed by atoms with Crippen LogP contribution in [0.3, 0.4) is 0 Å². The second-order valence-corrected chi connectivity index (χ2v) is 5.45. The van der Waals surface area contributed by atoms with Crippen LogP contribution >= 0.6 is 0 Å². The number of likely N-dealkylation sites (N-methyl/N-ethyl adjacent to an activating group) is 1. The van der Waals surface area contributed by atoms with Gasteiger partial charge in [-0.3, -0.25) is 0 Å². The SMILES string of the molecule is CCCC(NCC)C(CC)n1ccnc1-c1ccccc1. The molecule has 0 saturated heterocycles. The Morgan fingerprint density at radius 3 is 2.52 bits per heavy atom. The highest BCUT2D eigenvalue weighted by Crippen LogP contribution is 2.26. The molecule has 21 heavy (non-hydrogen) atoms. The molecule has 0 spiro atoms. The molecule has 0 saturated carbocycles. The lowest BCUT2D eigenvalue weighted by Crippen LogP contribution is -2.37. The van der Waals surface area contributed by atoms with Crippen LogP contribution in [0.15, 0.2) is 42.7 Å². The summed E-state index contributed by atoms with van der Waals surface area (Å²) in [4.78, 5) is 4.59. The zero-order chi connectivity index (χ0) is 15.1. The van der Waals surface area contributed by atoms with E-state index in [1.165, 1.54) is 18.4 Å². The van der Waals surface area contributed by atoms with Crippen molar-refractivity contribution < 1.29 is 0 Å². The van der Waals surface area contributed by atoms with Gasteiger partial charge < -0.3 is 9.88 Å². The van der Waals surface area contributed by atoms with Crippen LogP contribution in [0.5, 0.6) is 0 Å². The third kappa shape index (κ3) is 3.73. The molecule has 0 radical (unpaired) electrons. The summed E-state index contributed by atoms with van der Waals surface area (Å²) in [5.41, 5.74) is 1.19. The fourth-order valence-corrected chi connectivity index (χ4v) is 3.07. The third-order valence-corrected chi connectivity index (χ3v) is 4.01. The molecule has 0 aliphatic carbocycles. The highest BCUT2D eigenvalue weighted by Gasteiger charge is 2.22. The molecule has 2 aromatic rings. The van der Waals surface area contributed by atoms with Crippen molar-refractivity contribution in [3.8, 4) is 11.4 Å². The monoisotopic (exact) mass is 285 g/mol. The Morgan fingerprint density at radius 1 is 1.14 bits per heavy atom. The maximum Gasteiger partial charge on any atom is 0.140 e. The molecule has 1 aromatic heterocycles. The third-order valence-electron chi connectivity index (χ3n) is 4.01. The first kappa shape index (κ1) is 15.8. The van der Waals surface area contributed by atoms with Gasteiger partial charge in [0.05, 0.1) is 6.04 Å². The topological polar surface area (TPSA) is 29.9 Å². The van der Waals surface area contributed by atoms with Crippen LogP contribution in [-0.2, 0) is 0 Å². The van der Waals surface area contributed by atoms with E-state index in [1.807, 2.05) is 12.3 Å². The molecule has 1 aromatic carbocycles. The molecule has 3 heteroatoms. The van der Waals surface area contributed by atoms with Crippen LogP contribution in [0.2, 0.25) is 0 Å². The van der Waals surface area contributed by atoms with Crippen molar-refractivity contribution in [3.63, 3.8) is 0 Å². The lowest BCUT2D eigenvalue weighted by Gasteiger charge is -2.29. The highest BCUT2D eigenvalue weighted by atomic mass is 15.1. The van der Waals surface area contributed by atoms with E-state index in [4.69, 9.17) is 0 Å². The van der Waals surface area contributed by atoms with Crippen LogP contribution in [0.25, 0.3) is 11.4 Å². The van der Waals surface area contributed by atoms with Gasteiger partial charge in [-0.15, -0.1) is 0 Å². The fourth-order valence-electron chi connectivity index (χ4n) is 3.07. The van der Waals surface area contributed by atoms with Crippen LogP contribution in [0.1, 0.15) is 46.1 Å². The Morgan fingerprint density at radius 2 is 1.90 bits per heavy atom. The molecule has 2 unspecified atom stereocenters. The van der Waals surface area contributed by atoms with Gasteiger partial charge in [0, 0.05) is 24.0 Å². The average Bonchev–Trinajstić information content (AvgIpc) is 2.99. The van der Waals surface area contributed by atoms with Crippen molar-refractivity contribution in [2.75, 3.05) is 6.54 Å². The maximum atomic E-state index is 4.59. The van der Waals surface area contributed by atoms with Gasteiger partial charge in [-0.25, -0.2) is 4.98 Å². The van der Waals surface area contributed by atoms with E-state index in [9.17, 15) is 0 Å². The van der Waals surface area contributed by atoms with Crippen molar-refractivity contribution in [2.24, 2.45) is 0 Å². The summed E-state index contributed by atoms with van der Waals surface area (Å²) in [6.07, 6.45) is 7.53. The number of hydrogen-bond donors (Lipinski definition) is 1. The minimum absolute atomic E-state index is 0.447. The fraction of sp³-hybridized carbons (Fsp3) is 0.500. The molecule has 0 aliphatic rings. The Hall–Kier alpha value is -1.61. The standard InChI is InChI=1S/C18H27N3/c1-4-10-16(19-6-3)17(5-2)21-14-13-20-18(21)15-11-8-7-9-12-15/h7-9,11-14,16-17,19H,4-6,10H2,1-3H3. The van der Waals surface area contributed by atoms with E-state index >= 15 is 0 Å². The quantitative estimate of drug-likeness (QED) is 0.784. The van der Waals surface area contributed by atoms with Crippen molar-refractivity contribution in [1.29, 1.82) is 0 Å². The van der Waals surface area contributed by atoms with Gasteiger partial charge in [0.15, 0.2) is 0 Å². The number of hydrogen-bond acceptors (Lipinski definition) is 2. The van der Waals surface area contributed by atoms with E-state index in [1.54, 1.807) is 0 Å². The van der Waals surface area contributed by atoms with Gasteiger partial charge in [0.1, 0.15) is 5.82 Å². The molecule has 0 amide bonds. The molecule has 2 atom stereocenters. The molecular weight excluding hydrogens is 258 g/mol. The summed E-state index contributed by atoms with van der Waals surface area (Å²) in [6.45, 7) is 7.71. The molecule has 2 rings (SSSR count). The zero-order valence-electron chi connectivity index (χ0n) is 13.4. The van der Waals surface area contributed by atoms with Crippen LogP contribution in [-0.4, -0.2) is 22.1 Å². The predicted molar refractivity (Wildman–Crippen MR) is 89.4 cm³/mol. The Labute approximate surface area is 128 Å². The van der Waals surface area contributed by atoms with Gasteiger partial charge in [-0.2, -0.15) is 0 Å². The van der Waals surface area contributed by atoms with Crippen molar-refractivity contribution >= 4 is 0 Å². The molecule has 3 nitrogen and oxygen atoms in total. The predicted octanol–water partition coefficient (Wildman–Crippen LogP) is 4.28. The van der Waals surface area contributed by atoms with E-state index < -0.39 is 0 Å². The largest absolute Gasteiger partial charge is 0.326 e. The summed E-state index contributed by atoms with van der Waals surface area (Å²) in [5.74, 6) is 1.07. The smallest absolute Gasteiger partial charge is 0.140 e. The number of imidazole rings is 1. The van der Waals surface area contributed by atoms with Crippen molar-refractivity contribution in [1.82, 2.24) is 14.9 Å². The summed E-state index contributed by atoms with van der Waals surface area (Å²) < 4.78 is 2.35. The van der Waals surface area contributed by atoms with Crippen LogP contribution < -0.4 is 5.32 Å².